The summed E-state index contributed by atoms with van der Waals surface area (Å²) >= 11 is 0. The molecule has 2 rings (SSSR count). The summed E-state index contributed by atoms with van der Waals surface area (Å²) in [5.41, 5.74) is 1.40. The minimum absolute atomic E-state index is 0.119. The summed E-state index contributed by atoms with van der Waals surface area (Å²) in [6, 6.07) is 10.7. The molecule has 1 aliphatic rings. The number of nitrogens with zero attached hydrogens (tertiary/aromatic N) is 3. The normalized spacial score (nSPS) is 18.1. The van der Waals surface area contributed by atoms with Crippen LogP contribution in [0.4, 0.5) is 0 Å². The second-order valence-corrected chi connectivity index (χ2v) is 6.12. The zero-order chi connectivity index (χ0) is 16.7. The number of hydrogen-bond donors (Lipinski definition) is 1. The van der Waals surface area contributed by atoms with E-state index in [0.29, 0.717) is 18.9 Å². The van der Waals surface area contributed by atoms with Gasteiger partial charge < -0.3 is 15.1 Å². The molecule has 1 aromatic carbocycles. The summed E-state index contributed by atoms with van der Waals surface area (Å²) in [6.07, 6.45) is 1.60. The van der Waals surface area contributed by atoms with Gasteiger partial charge in [-0.25, -0.2) is 0 Å². The summed E-state index contributed by atoms with van der Waals surface area (Å²) in [5.74, 6) is 1.61. The Balaban J connectivity index is 1.94. The lowest BCUT2D eigenvalue weighted by Gasteiger charge is -2.22. The van der Waals surface area contributed by atoms with E-state index in [2.05, 4.69) is 52.5 Å². The highest BCUT2D eigenvalue weighted by Crippen LogP contribution is 2.26. The Labute approximate surface area is 139 Å². The Kier molecular flexibility index (Phi) is 6.44. The molecule has 1 aromatic rings. The Morgan fingerprint density at radius 3 is 2.74 bits per heavy atom. The smallest absolute Gasteiger partial charge is 0.223 e. The van der Waals surface area contributed by atoms with E-state index in [1.165, 1.54) is 5.56 Å². The predicted molar refractivity (Wildman–Crippen MR) is 94.7 cm³/mol. The van der Waals surface area contributed by atoms with Crippen molar-refractivity contribution in [1.82, 2.24) is 15.1 Å². The van der Waals surface area contributed by atoms with Crippen molar-refractivity contribution >= 4 is 11.9 Å². The van der Waals surface area contributed by atoms with Crippen LogP contribution >= 0.6 is 0 Å². The Morgan fingerprint density at radius 2 is 2.09 bits per heavy atom. The number of amides is 1. The van der Waals surface area contributed by atoms with E-state index in [9.17, 15) is 4.79 Å². The molecule has 5 nitrogen and oxygen atoms in total. The third-order valence-electron chi connectivity index (χ3n) is 4.18. The minimum atomic E-state index is 0.119. The molecule has 1 heterocycles. The lowest BCUT2D eigenvalue weighted by Crippen LogP contribution is -2.40. The standard InChI is InChI=1S/C18H28N4O/c1-4-19-18(20-12-10-17(23)21(2)3)22-13-11-16(14-22)15-8-6-5-7-9-15/h5-9,16H,4,10-14H2,1-3H3,(H,19,20). The first-order chi connectivity index (χ1) is 11.1. The topological polar surface area (TPSA) is 47.9 Å². The molecule has 0 aliphatic carbocycles. The van der Waals surface area contributed by atoms with Gasteiger partial charge in [-0.1, -0.05) is 30.3 Å². The van der Waals surface area contributed by atoms with Gasteiger partial charge in [-0.15, -0.1) is 0 Å². The largest absolute Gasteiger partial charge is 0.357 e. The van der Waals surface area contributed by atoms with Gasteiger partial charge in [-0.05, 0) is 18.9 Å². The quantitative estimate of drug-likeness (QED) is 0.667. The first kappa shape index (κ1) is 17.3. The fourth-order valence-electron chi connectivity index (χ4n) is 2.86. The molecule has 1 fully saturated rings. The van der Waals surface area contributed by atoms with Crippen molar-refractivity contribution in [2.45, 2.75) is 25.7 Å². The van der Waals surface area contributed by atoms with Crippen LogP contribution in [0, 0.1) is 0 Å². The fraction of sp³-hybridized carbons (Fsp3) is 0.556. The monoisotopic (exact) mass is 316 g/mol. The molecule has 126 valence electrons. The highest BCUT2D eigenvalue weighted by molar-refractivity contribution is 5.81. The van der Waals surface area contributed by atoms with Crippen LogP contribution in [-0.2, 0) is 4.79 Å². The predicted octanol–water partition coefficient (Wildman–Crippen LogP) is 1.92. The molecule has 0 aromatic heterocycles. The molecule has 1 saturated heterocycles. The lowest BCUT2D eigenvalue weighted by atomic mass is 9.99. The third kappa shape index (κ3) is 4.98. The molecule has 0 spiro atoms. The maximum atomic E-state index is 11.7. The van der Waals surface area contributed by atoms with Crippen molar-refractivity contribution in [1.29, 1.82) is 0 Å². The van der Waals surface area contributed by atoms with Crippen LogP contribution in [0.2, 0.25) is 0 Å². The minimum Gasteiger partial charge on any atom is -0.357 e. The van der Waals surface area contributed by atoms with Gasteiger partial charge in [0.1, 0.15) is 0 Å². The first-order valence-electron chi connectivity index (χ1n) is 8.40. The van der Waals surface area contributed by atoms with E-state index in [1.54, 1.807) is 19.0 Å². The molecule has 1 N–H and O–H groups in total. The van der Waals surface area contributed by atoms with Gasteiger partial charge >= 0.3 is 0 Å². The van der Waals surface area contributed by atoms with Gasteiger partial charge in [-0.3, -0.25) is 9.79 Å². The number of likely N-dealkylation sites (tertiary alicyclic amines) is 1. The Bertz CT molecular complexity index is 527. The zero-order valence-electron chi connectivity index (χ0n) is 14.5. The number of hydrogen-bond acceptors (Lipinski definition) is 2. The summed E-state index contributed by atoms with van der Waals surface area (Å²) in [4.78, 5) is 20.2. The highest BCUT2D eigenvalue weighted by Gasteiger charge is 2.25. The summed E-state index contributed by atoms with van der Waals surface area (Å²) < 4.78 is 0. The zero-order valence-corrected chi connectivity index (χ0v) is 14.5. The number of carbonyl (C=O) groups excluding carboxylic acids is 1. The van der Waals surface area contributed by atoms with Crippen LogP contribution in [0.5, 0.6) is 0 Å². The fourth-order valence-corrected chi connectivity index (χ4v) is 2.86. The molecular weight excluding hydrogens is 288 g/mol. The SMILES string of the molecule is CCNC(=NCCC(=O)N(C)C)N1CCC(c2ccccc2)C1. The van der Waals surface area contributed by atoms with E-state index < -0.39 is 0 Å². The molecule has 1 unspecified atom stereocenters. The number of aliphatic imine (C=N–C) groups is 1. The van der Waals surface area contributed by atoms with Crippen LogP contribution in [0.1, 0.15) is 31.2 Å². The summed E-state index contributed by atoms with van der Waals surface area (Å²) in [7, 11) is 3.56. The average Bonchev–Trinajstić information content (AvgIpc) is 3.04. The van der Waals surface area contributed by atoms with Crippen molar-refractivity contribution in [3.05, 3.63) is 35.9 Å². The van der Waals surface area contributed by atoms with Crippen molar-refractivity contribution in [2.24, 2.45) is 4.99 Å². The highest BCUT2D eigenvalue weighted by atomic mass is 16.2. The van der Waals surface area contributed by atoms with Crippen LogP contribution in [0.25, 0.3) is 0 Å². The molecule has 1 atom stereocenters. The second kappa shape index (κ2) is 8.56. The number of carbonyl (C=O) groups is 1. The molecule has 5 heteroatoms. The van der Waals surface area contributed by atoms with Crippen molar-refractivity contribution in [3.63, 3.8) is 0 Å². The molecule has 0 bridgehead atoms. The maximum absolute atomic E-state index is 11.7. The number of nitrogens with one attached hydrogen (secondary N) is 1. The second-order valence-electron chi connectivity index (χ2n) is 6.12. The summed E-state index contributed by atoms with van der Waals surface area (Å²) in [6.45, 7) is 5.44. The Hall–Kier alpha value is -2.04. The molecule has 23 heavy (non-hydrogen) atoms. The van der Waals surface area contributed by atoms with Gasteiger partial charge in [0, 0.05) is 46.1 Å². The number of benzene rings is 1. The number of rotatable bonds is 5. The third-order valence-corrected chi connectivity index (χ3v) is 4.18. The van der Waals surface area contributed by atoms with E-state index >= 15 is 0 Å². The van der Waals surface area contributed by atoms with Gasteiger partial charge in [0.25, 0.3) is 0 Å². The molecule has 1 aliphatic heterocycles. The molecular formula is C18H28N4O. The van der Waals surface area contributed by atoms with Gasteiger partial charge in [0.15, 0.2) is 5.96 Å². The summed E-state index contributed by atoms with van der Waals surface area (Å²) in [5, 5.41) is 3.35. The van der Waals surface area contributed by atoms with E-state index in [-0.39, 0.29) is 5.91 Å². The molecule has 1 amide bonds. The van der Waals surface area contributed by atoms with Crippen molar-refractivity contribution in [3.8, 4) is 0 Å². The van der Waals surface area contributed by atoms with E-state index in [0.717, 1.165) is 32.0 Å². The van der Waals surface area contributed by atoms with Crippen LogP contribution in [-0.4, -0.2) is 61.9 Å². The molecule has 0 radical (unpaired) electrons. The van der Waals surface area contributed by atoms with E-state index in [4.69, 9.17) is 0 Å². The lowest BCUT2D eigenvalue weighted by molar-refractivity contribution is -0.128. The first-order valence-corrected chi connectivity index (χ1v) is 8.40. The van der Waals surface area contributed by atoms with Gasteiger partial charge in [-0.2, -0.15) is 0 Å². The van der Waals surface area contributed by atoms with Crippen LogP contribution in [0.3, 0.4) is 0 Å². The average molecular weight is 316 g/mol. The van der Waals surface area contributed by atoms with Gasteiger partial charge in [0.2, 0.25) is 5.91 Å². The maximum Gasteiger partial charge on any atom is 0.223 e. The molecule has 0 saturated carbocycles. The van der Waals surface area contributed by atoms with Crippen LogP contribution < -0.4 is 5.32 Å². The van der Waals surface area contributed by atoms with Crippen molar-refractivity contribution < 1.29 is 4.79 Å². The van der Waals surface area contributed by atoms with E-state index in [1.807, 2.05) is 0 Å². The number of guanidine groups is 1. The van der Waals surface area contributed by atoms with Gasteiger partial charge in [0.05, 0.1) is 6.54 Å². The van der Waals surface area contributed by atoms with Crippen LogP contribution in [0.15, 0.2) is 35.3 Å². The Morgan fingerprint density at radius 1 is 1.35 bits per heavy atom. The van der Waals surface area contributed by atoms with Crippen molar-refractivity contribution in [2.75, 3.05) is 40.3 Å².